The average molecular weight is 195 g/mol. The Morgan fingerprint density at radius 1 is 1.14 bits per heavy atom. The number of rotatable bonds is 2. The number of nitrogens with one attached hydrogen (secondary N) is 1. The fraction of sp³-hybridized carbons (Fsp3) is 0.286. The Bertz CT molecular complexity index is 466. The number of hydrogen-bond donors (Lipinski definition) is 4. The molecular formula is C7H9N5O2. The number of fused-ring (bicyclic) bond motifs is 1. The van der Waals surface area contributed by atoms with Crippen molar-refractivity contribution in [2.45, 2.75) is 13.2 Å². The van der Waals surface area contributed by atoms with Crippen molar-refractivity contribution in [3.8, 4) is 0 Å². The standard InChI is InChI=1S/C7H9N5O2/c8-7-9-3(1-13)5-6(12-7)11-4(2-14)10-5/h13-14H,1-2H2,(H3,8,9,10,11,12). The Morgan fingerprint density at radius 2 is 1.93 bits per heavy atom. The molecule has 0 fully saturated rings. The van der Waals surface area contributed by atoms with Crippen LogP contribution in [-0.4, -0.2) is 30.1 Å². The molecule has 0 aliphatic carbocycles. The number of aliphatic hydroxyl groups excluding tert-OH is 2. The predicted octanol–water partition coefficient (Wildman–Crippen LogP) is -1.08. The molecule has 0 aromatic carbocycles. The molecule has 7 nitrogen and oxygen atoms in total. The van der Waals surface area contributed by atoms with Crippen molar-refractivity contribution in [1.82, 2.24) is 19.9 Å². The van der Waals surface area contributed by atoms with Crippen molar-refractivity contribution >= 4 is 17.1 Å². The molecule has 0 unspecified atom stereocenters. The highest BCUT2D eigenvalue weighted by Gasteiger charge is 2.09. The van der Waals surface area contributed by atoms with Crippen LogP contribution in [0.3, 0.4) is 0 Å². The van der Waals surface area contributed by atoms with Gasteiger partial charge in [0.1, 0.15) is 17.9 Å². The number of aromatic nitrogens is 4. The summed E-state index contributed by atoms with van der Waals surface area (Å²) in [6, 6.07) is 0. The van der Waals surface area contributed by atoms with Crippen LogP contribution in [-0.2, 0) is 13.2 Å². The van der Waals surface area contributed by atoms with Gasteiger partial charge in [0.05, 0.1) is 12.3 Å². The predicted molar refractivity (Wildman–Crippen MR) is 47.9 cm³/mol. The zero-order chi connectivity index (χ0) is 10.1. The Labute approximate surface area is 78.6 Å². The Kier molecular flexibility index (Phi) is 2.02. The van der Waals surface area contributed by atoms with Gasteiger partial charge >= 0.3 is 0 Å². The van der Waals surface area contributed by atoms with Crippen LogP contribution in [0.1, 0.15) is 11.5 Å². The van der Waals surface area contributed by atoms with Crippen LogP contribution in [0.2, 0.25) is 0 Å². The van der Waals surface area contributed by atoms with E-state index in [1.807, 2.05) is 0 Å². The number of aromatic amines is 1. The molecule has 2 aromatic heterocycles. The molecule has 0 bridgehead atoms. The fourth-order valence-corrected chi connectivity index (χ4v) is 1.21. The molecule has 0 atom stereocenters. The van der Waals surface area contributed by atoms with Gasteiger partial charge in [-0.3, -0.25) is 0 Å². The first kappa shape index (κ1) is 8.85. The molecule has 2 rings (SSSR count). The van der Waals surface area contributed by atoms with Crippen LogP contribution < -0.4 is 5.73 Å². The van der Waals surface area contributed by atoms with Crippen LogP contribution in [0, 0.1) is 0 Å². The number of H-pyrrole nitrogens is 1. The van der Waals surface area contributed by atoms with E-state index >= 15 is 0 Å². The van der Waals surface area contributed by atoms with Crippen molar-refractivity contribution in [2.24, 2.45) is 0 Å². The number of imidazole rings is 1. The van der Waals surface area contributed by atoms with E-state index in [1.54, 1.807) is 0 Å². The molecule has 0 spiro atoms. The minimum absolute atomic E-state index is 0.0533. The van der Waals surface area contributed by atoms with E-state index in [4.69, 9.17) is 15.9 Å². The average Bonchev–Trinajstić information content (AvgIpc) is 2.59. The number of nitrogens with zero attached hydrogens (tertiary/aromatic N) is 3. The lowest BCUT2D eigenvalue weighted by atomic mass is 10.4. The van der Waals surface area contributed by atoms with Crippen LogP contribution in [0.25, 0.3) is 11.2 Å². The third-order valence-corrected chi connectivity index (χ3v) is 1.79. The Morgan fingerprint density at radius 3 is 2.57 bits per heavy atom. The van der Waals surface area contributed by atoms with E-state index in [0.29, 0.717) is 22.7 Å². The van der Waals surface area contributed by atoms with Crippen molar-refractivity contribution in [2.75, 3.05) is 5.73 Å². The number of anilines is 1. The maximum absolute atomic E-state index is 8.99. The van der Waals surface area contributed by atoms with E-state index in [-0.39, 0.29) is 19.2 Å². The first-order chi connectivity index (χ1) is 6.74. The van der Waals surface area contributed by atoms with E-state index in [0.717, 1.165) is 0 Å². The molecule has 0 saturated heterocycles. The second-order valence-corrected chi connectivity index (χ2v) is 2.73. The highest BCUT2D eigenvalue weighted by molar-refractivity contribution is 5.74. The number of nitrogens with two attached hydrogens (primary N) is 1. The summed E-state index contributed by atoms with van der Waals surface area (Å²) in [4.78, 5) is 14.4. The molecule has 0 aliphatic rings. The summed E-state index contributed by atoms with van der Waals surface area (Å²) < 4.78 is 0. The number of hydrogen-bond acceptors (Lipinski definition) is 6. The van der Waals surface area contributed by atoms with Crippen LogP contribution >= 0.6 is 0 Å². The van der Waals surface area contributed by atoms with Gasteiger partial charge < -0.3 is 20.9 Å². The first-order valence-corrected chi connectivity index (χ1v) is 3.97. The normalized spacial score (nSPS) is 11.0. The minimum atomic E-state index is -0.254. The largest absolute Gasteiger partial charge is 0.390 e. The van der Waals surface area contributed by atoms with Crippen LogP contribution in [0.5, 0.6) is 0 Å². The molecule has 2 heterocycles. The van der Waals surface area contributed by atoms with Crippen molar-refractivity contribution < 1.29 is 10.2 Å². The van der Waals surface area contributed by atoms with E-state index in [2.05, 4.69) is 19.9 Å². The molecule has 0 saturated carbocycles. The molecule has 0 aliphatic heterocycles. The molecule has 0 radical (unpaired) electrons. The van der Waals surface area contributed by atoms with E-state index in [1.165, 1.54) is 0 Å². The van der Waals surface area contributed by atoms with E-state index in [9.17, 15) is 0 Å². The van der Waals surface area contributed by atoms with Gasteiger partial charge in [0, 0.05) is 0 Å². The number of aliphatic hydroxyl groups is 2. The lowest BCUT2D eigenvalue weighted by molar-refractivity contribution is 0.272. The molecule has 0 amide bonds. The summed E-state index contributed by atoms with van der Waals surface area (Å²) in [5.41, 5.74) is 6.63. The first-order valence-electron chi connectivity index (χ1n) is 3.97. The Hall–Kier alpha value is -1.73. The van der Waals surface area contributed by atoms with Crippen molar-refractivity contribution in [3.63, 3.8) is 0 Å². The fourth-order valence-electron chi connectivity index (χ4n) is 1.21. The van der Waals surface area contributed by atoms with Crippen LogP contribution in [0.15, 0.2) is 0 Å². The molecule has 7 heteroatoms. The van der Waals surface area contributed by atoms with Gasteiger partial charge in [0.15, 0.2) is 5.65 Å². The summed E-state index contributed by atoms with van der Waals surface area (Å²) >= 11 is 0. The molecular weight excluding hydrogens is 186 g/mol. The zero-order valence-corrected chi connectivity index (χ0v) is 7.23. The van der Waals surface area contributed by atoms with Gasteiger partial charge in [-0.2, -0.15) is 4.98 Å². The highest BCUT2D eigenvalue weighted by atomic mass is 16.3. The van der Waals surface area contributed by atoms with Gasteiger partial charge in [-0.15, -0.1) is 0 Å². The van der Waals surface area contributed by atoms with Gasteiger partial charge in [-0.1, -0.05) is 0 Å². The van der Waals surface area contributed by atoms with Crippen molar-refractivity contribution in [3.05, 3.63) is 11.5 Å². The third-order valence-electron chi connectivity index (χ3n) is 1.79. The molecule has 5 N–H and O–H groups in total. The summed E-state index contributed by atoms with van der Waals surface area (Å²) in [6.45, 7) is -0.475. The topological polar surface area (TPSA) is 121 Å². The van der Waals surface area contributed by atoms with Crippen LogP contribution in [0.4, 0.5) is 5.95 Å². The second-order valence-electron chi connectivity index (χ2n) is 2.73. The lowest BCUT2D eigenvalue weighted by Gasteiger charge is -1.97. The number of nitrogen functional groups attached to an aromatic ring is 1. The van der Waals surface area contributed by atoms with Gasteiger partial charge in [0.2, 0.25) is 5.95 Å². The maximum atomic E-state index is 8.99. The minimum Gasteiger partial charge on any atom is -0.390 e. The summed E-state index contributed by atoms with van der Waals surface area (Å²) in [7, 11) is 0. The van der Waals surface area contributed by atoms with Crippen molar-refractivity contribution in [1.29, 1.82) is 0 Å². The van der Waals surface area contributed by atoms with Gasteiger partial charge in [-0.05, 0) is 0 Å². The smallest absolute Gasteiger partial charge is 0.222 e. The molecule has 2 aromatic rings. The lowest BCUT2D eigenvalue weighted by Crippen LogP contribution is -2.00. The molecule has 74 valence electrons. The van der Waals surface area contributed by atoms with Gasteiger partial charge in [0.25, 0.3) is 0 Å². The zero-order valence-electron chi connectivity index (χ0n) is 7.23. The third kappa shape index (κ3) is 1.28. The summed E-state index contributed by atoms with van der Waals surface area (Å²) in [5, 5.41) is 17.8. The maximum Gasteiger partial charge on any atom is 0.222 e. The SMILES string of the molecule is Nc1nc(CO)c2[nH]c(CO)nc2n1. The quantitative estimate of drug-likeness (QED) is 0.483. The summed E-state index contributed by atoms with van der Waals surface area (Å²) in [5.74, 6) is 0.423. The monoisotopic (exact) mass is 195 g/mol. The summed E-state index contributed by atoms with van der Waals surface area (Å²) in [6.07, 6.45) is 0. The van der Waals surface area contributed by atoms with Gasteiger partial charge in [-0.25, -0.2) is 9.97 Å². The highest BCUT2D eigenvalue weighted by Crippen LogP contribution is 2.14. The Balaban J connectivity index is 2.71. The second kappa shape index (κ2) is 3.20. The molecule has 14 heavy (non-hydrogen) atoms. The van der Waals surface area contributed by atoms with E-state index < -0.39 is 0 Å².